The standard InChI is InChI=1S/C14H18N4O3/c1-4-10-5-6-13(12(7-10)18(19)20)21-14-11(8-15)9(2)16-17(14)3/h5-7H,4,8,15H2,1-3H3. The van der Waals surface area contributed by atoms with Crippen molar-refractivity contribution >= 4 is 5.69 Å². The quantitative estimate of drug-likeness (QED) is 0.674. The van der Waals surface area contributed by atoms with Gasteiger partial charge in [0, 0.05) is 19.7 Å². The summed E-state index contributed by atoms with van der Waals surface area (Å²) in [7, 11) is 1.72. The molecule has 2 N–H and O–H groups in total. The highest BCUT2D eigenvalue weighted by Crippen LogP contribution is 2.34. The number of hydrogen-bond acceptors (Lipinski definition) is 5. The average molecular weight is 290 g/mol. The second-order valence-corrected chi connectivity index (χ2v) is 4.71. The average Bonchev–Trinajstić information content (AvgIpc) is 2.72. The van der Waals surface area contributed by atoms with Crippen molar-refractivity contribution in [3.8, 4) is 11.6 Å². The van der Waals surface area contributed by atoms with E-state index in [1.54, 1.807) is 13.1 Å². The van der Waals surface area contributed by atoms with Crippen molar-refractivity contribution in [2.75, 3.05) is 0 Å². The van der Waals surface area contributed by atoms with Crippen LogP contribution in [0.4, 0.5) is 5.69 Å². The smallest absolute Gasteiger partial charge is 0.311 e. The van der Waals surface area contributed by atoms with E-state index in [-0.39, 0.29) is 18.0 Å². The zero-order valence-electron chi connectivity index (χ0n) is 12.3. The summed E-state index contributed by atoms with van der Waals surface area (Å²) in [5, 5.41) is 15.4. The van der Waals surface area contributed by atoms with Crippen LogP contribution in [0.2, 0.25) is 0 Å². The molecule has 7 nitrogen and oxygen atoms in total. The lowest BCUT2D eigenvalue weighted by Crippen LogP contribution is -2.03. The summed E-state index contributed by atoms with van der Waals surface area (Å²) < 4.78 is 7.26. The Bertz CT molecular complexity index is 679. The van der Waals surface area contributed by atoms with Gasteiger partial charge in [-0.05, 0) is 25.0 Å². The topological polar surface area (TPSA) is 96.2 Å². The summed E-state index contributed by atoms with van der Waals surface area (Å²) in [6.45, 7) is 4.02. The van der Waals surface area contributed by atoms with E-state index >= 15 is 0 Å². The molecule has 0 aliphatic rings. The number of nitrogens with two attached hydrogens (primary N) is 1. The van der Waals surface area contributed by atoms with E-state index in [4.69, 9.17) is 10.5 Å². The van der Waals surface area contributed by atoms with Gasteiger partial charge in [0.15, 0.2) is 0 Å². The van der Waals surface area contributed by atoms with Crippen LogP contribution in [-0.2, 0) is 20.0 Å². The van der Waals surface area contributed by atoms with Gasteiger partial charge >= 0.3 is 5.69 Å². The Labute approximate surface area is 122 Å². The van der Waals surface area contributed by atoms with Crippen molar-refractivity contribution in [2.45, 2.75) is 26.8 Å². The molecule has 0 fully saturated rings. The van der Waals surface area contributed by atoms with E-state index in [0.29, 0.717) is 5.88 Å². The molecule has 112 valence electrons. The summed E-state index contributed by atoms with van der Waals surface area (Å²) in [5.74, 6) is 0.622. The summed E-state index contributed by atoms with van der Waals surface area (Å²) in [6, 6.07) is 4.95. The fourth-order valence-electron chi connectivity index (χ4n) is 2.16. The molecule has 2 aromatic rings. The number of hydrogen-bond donors (Lipinski definition) is 1. The van der Waals surface area contributed by atoms with Crippen molar-refractivity contribution in [1.82, 2.24) is 9.78 Å². The molecule has 1 aromatic heterocycles. The SMILES string of the molecule is CCc1ccc(Oc2c(CN)c(C)nn2C)c([N+](=O)[O-])c1. The van der Waals surface area contributed by atoms with Gasteiger partial charge in [-0.25, -0.2) is 4.68 Å². The first-order valence-corrected chi connectivity index (χ1v) is 6.65. The predicted molar refractivity (Wildman–Crippen MR) is 78.4 cm³/mol. The highest BCUT2D eigenvalue weighted by atomic mass is 16.6. The van der Waals surface area contributed by atoms with E-state index < -0.39 is 4.92 Å². The zero-order valence-corrected chi connectivity index (χ0v) is 12.3. The first-order chi connectivity index (χ1) is 9.97. The van der Waals surface area contributed by atoms with Gasteiger partial charge in [0.2, 0.25) is 11.6 Å². The minimum absolute atomic E-state index is 0.0591. The Hall–Kier alpha value is -2.41. The molecular weight excluding hydrogens is 272 g/mol. The third-order valence-corrected chi connectivity index (χ3v) is 3.33. The molecule has 0 radical (unpaired) electrons. The molecule has 0 spiro atoms. The van der Waals surface area contributed by atoms with Gasteiger partial charge in [-0.15, -0.1) is 0 Å². The van der Waals surface area contributed by atoms with E-state index in [0.717, 1.165) is 23.2 Å². The molecule has 0 atom stereocenters. The van der Waals surface area contributed by atoms with Crippen LogP contribution in [0.5, 0.6) is 11.6 Å². The number of nitro groups is 1. The van der Waals surface area contributed by atoms with E-state index in [9.17, 15) is 10.1 Å². The molecule has 0 amide bonds. The maximum absolute atomic E-state index is 11.2. The Morgan fingerprint density at radius 1 is 1.48 bits per heavy atom. The van der Waals surface area contributed by atoms with Crippen LogP contribution >= 0.6 is 0 Å². The zero-order chi connectivity index (χ0) is 15.6. The molecule has 0 bridgehead atoms. The Morgan fingerprint density at radius 2 is 2.19 bits per heavy atom. The molecule has 21 heavy (non-hydrogen) atoms. The number of aromatic nitrogens is 2. The third kappa shape index (κ3) is 2.87. The molecule has 0 unspecified atom stereocenters. The van der Waals surface area contributed by atoms with Crippen LogP contribution in [0, 0.1) is 17.0 Å². The lowest BCUT2D eigenvalue weighted by atomic mass is 10.1. The molecule has 1 heterocycles. The van der Waals surface area contributed by atoms with Crippen molar-refractivity contribution in [3.05, 3.63) is 45.1 Å². The van der Waals surface area contributed by atoms with Crippen molar-refractivity contribution in [1.29, 1.82) is 0 Å². The minimum atomic E-state index is -0.445. The maximum Gasteiger partial charge on any atom is 0.311 e. The van der Waals surface area contributed by atoms with Crippen molar-refractivity contribution in [3.63, 3.8) is 0 Å². The Kier molecular flexibility index (Phi) is 4.23. The molecule has 0 saturated heterocycles. The number of benzene rings is 1. The van der Waals surface area contributed by atoms with Crippen molar-refractivity contribution in [2.24, 2.45) is 12.8 Å². The van der Waals surface area contributed by atoms with Crippen LogP contribution in [0.25, 0.3) is 0 Å². The normalized spacial score (nSPS) is 10.7. The number of rotatable bonds is 5. The fraction of sp³-hybridized carbons (Fsp3) is 0.357. The highest BCUT2D eigenvalue weighted by Gasteiger charge is 2.20. The number of nitro benzene ring substituents is 1. The lowest BCUT2D eigenvalue weighted by Gasteiger charge is -2.09. The summed E-state index contributed by atoms with van der Waals surface area (Å²) in [4.78, 5) is 10.8. The number of ether oxygens (including phenoxy) is 1. The third-order valence-electron chi connectivity index (χ3n) is 3.33. The lowest BCUT2D eigenvalue weighted by molar-refractivity contribution is -0.385. The summed E-state index contributed by atoms with van der Waals surface area (Å²) >= 11 is 0. The molecular formula is C14H18N4O3. The Balaban J connectivity index is 2.47. The van der Waals surface area contributed by atoms with Crippen LogP contribution in [-0.4, -0.2) is 14.7 Å². The van der Waals surface area contributed by atoms with Gasteiger partial charge in [0.1, 0.15) is 0 Å². The Morgan fingerprint density at radius 3 is 2.76 bits per heavy atom. The highest BCUT2D eigenvalue weighted by molar-refractivity contribution is 5.51. The monoisotopic (exact) mass is 290 g/mol. The molecule has 2 rings (SSSR count). The predicted octanol–water partition coefficient (Wildman–Crippen LogP) is 2.45. The fourth-order valence-corrected chi connectivity index (χ4v) is 2.16. The molecule has 0 saturated carbocycles. The largest absolute Gasteiger partial charge is 0.432 e. The van der Waals surface area contributed by atoms with Crippen LogP contribution < -0.4 is 10.5 Å². The summed E-state index contributed by atoms with van der Waals surface area (Å²) in [5.41, 5.74) is 8.01. The van der Waals surface area contributed by atoms with Crippen LogP contribution in [0.3, 0.4) is 0 Å². The first kappa shape index (κ1) is 15.0. The van der Waals surface area contributed by atoms with Crippen molar-refractivity contribution < 1.29 is 9.66 Å². The second kappa shape index (κ2) is 5.92. The van der Waals surface area contributed by atoms with Gasteiger partial charge in [0.25, 0.3) is 0 Å². The maximum atomic E-state index is 11.2. The summed E-state index contributed by atoms with van der Waals surface area (Å²) in [6.07, 6.45) is 0.722. The molecule has 1 aromatic carbocycles. The van der Waals surface area contributed by atoms with Gasteiger partial charge in [0.05, 0.1) is 16.2 Å². The van der Waals surface area contributed by atoms with Gasteiger partial charge in [-0.2, -0.15) is 5.10 Å². The number of nitrogens with zero attached hydrogens (tertiary/aromatic N) is 3. The first-order valence-electron chi connectivity index (χ1n) is 6.65. The van der Waals surface area contributed by atoms with E-state index in [1.807, 2.05) is 19.9 Å². The minimum Gasteiger partial charge on any atom is -0.432 e. The molecule has 0 aliphatic carbocycles. The number of aryl methyl sites for hydroxylation is 3. The van der Waals surface area contributed by atoms with Gasteiger partial charge < -0.3 is 10.5 Å². The van der Waals surface area contributed by atoms with Gasteiger partial charge in [-0.1, -0.05) is 13.0 Å². The van der Waals surface area contributed by atoms with Crippen LogP contribution in [0.15, 0.2) is 18.2 Å². The van der Waals surface area contributed by atoms with Crippen LogP contribution in [0.1, 0.15) is 23.7 Å². The molecule has 0 aliphatic heterocycles. The molecule has 7 heteroatoms. The van der Waals surface area contributed by atoms with Gasteiger partial charge in [-0.3, -0.25) is 10.1 Å². The van der Waals surface area contributed by atoms with E-state index in [1.165, 1.54) is 10.7 Å². The van der Waals surface area contributed by atoms with E-state index in [2.05, 4.69) is 5.10 Å². The second-order valence-electron chi connectivity index (χ2n) is 4.71.